The van der Waals surface area contributed by atoms with Crippen LogP contribution in [-0.4, -0.2) is 41.3 Å². The summed E-state index contributed by atoms with van der Waals surface area (Å²) in [6.45, 7) is 9.67. The number of halogens is 1. The summed E-state index contributed by atoms with van der Waals surface area (Å²) in [4.78, 5) is 41.3. The van der Waals surface area contributed by atoms with E-state index < -0.39 is 34.7 Å². The number of carbonyl (C=O) groups is 1. The van der Waals surface area contributed by atoms with Crippen LogP contribution in [0.5, 0.6) is 0 Å². The van der Waals surface area contributed by atoms with Crippen molar-refractivity contribution in [3.05, 3.63) is 73.9 Å². The first-order valence-electron chi connectivity index (χ1n) is 11.7. The van der Waals surface area contributed by atoms with Gasteiger partial charge in [0.05, 0.1) is 30.4 Å². The zero-order valence-corrected chi connectivity index (χ0v) is 22.2. The molecule has 196 valence electrons. The maximum absolute atomic E-state index is 14.2. The molecule has 0 saturated carbocycles. The van der Waals surface area contributed by atoms with Gasteiger partial charge in [0.2, 0.25) is 0 Å². The van der Waals surface area contributed by atoms with Gasteiger partial charge in [-0.2, -0.15) is 10.2 Å². The second-order valence-corrected chi connectivity index (χ2v) is 10.6. The van der Waals surface area contributed by atoms with Crippen molar-refractivity contribution in [2.45, 2.75) is 65.8 Å². The largest absolute Gasteiger partial charge is 0.480 e. The highest BCUT2D eigenvalue weighted by atomic mass is 32.1. The first kappa shape index (κ1) is 26.4. The third kappa shape index (κ3) is 4.62. The average Bonchev–Trinajstić information content (AvgIpc) is 3.45. The van der Waals surface area contributed by atoms with E-state index in [-0.39, 0.29) is 18.0 Å². The van der Waals surface area contributed by atoms with Gasteiger partial charge in [-0.05, 0) is 64.8 Å². The molecule has 0 amide bonds. The first-order valence-corrected chi connectivity index (χ1v) is 12.5. The van der Waals surface area contributed by atoms with Crippen molar-refractivity contribution in [3.8, 4) is 5.00 Å². The van der Waals surface area contributed by atoms with Crippen molar-refractivity contribution < 1.29 is 19.0 Å². The van der Waals surface area contributed by atoms with E-state index in [1.807, 2.05) is 20.8 Å². The van der Waals surface area contributed by atoms with Gasteiger partial charge in [0.25, 0.3) is 5.56 Å². The Morgan fingerprint density at radius 3 is 2.43 bits per heavy atom. The number of rotatable bonds is 8. The highest BCUT2D eigenvalue weighted by Gasteiger charge is 2.36. The van der Waals surface area contributed by atoms with Crippen LogP contribution in [0.2, 0.25) is 0 Å². The fourth-order valence-corrected chi connectivity index (χ4v) is 5.48. The Morgan fingerprint density at radius 2 is 1.84 bits per heavy atom. The molecule has 10 nitrogen and oxygen atoms in total. The number of carboxylic acid groups (broad SMARTS) is 1. The number of ether oxygens (including phenoxy) is 1. The number of aliphatic carboxylic acids is 1. The molecule has 0 radical (unpaired) electrons. The Balaban J connectivity index is 2.06. The molecule has 1 aromatic carbocycles. The molecule has 0 aliphatic heterocycles. The molecule has 0 unspecified atom stereocenters. The minimum Gasteiger partial charge on any atom is -0.480 e. The summed E-state index contributed by atoms with van der Waals surface area (Å²) in [5, 5.41) is 18.9. The number of carboxylic acids is 1. The number of fused-ring (bicyclic) bond motifs is 1. The fraction of sp³-hybridized carbons (Fsp3) is 0.400. The Labute approximate surface area is 215 Å². The third-order valence-electron chi connectivity index (χ3n) is 6.24. The second kappa shape index (κ2) is 9.67. The topological polar surface area (TPSA) is 121 Å². The van der Waals surface area contributed by atoms with Crippen molar-refractivity contribution in [2.24, 2.45) is 0 Å². The molecule has 37 heavy (non-hydrogen) atoms. The lowest BCUT2D eigenvalue weighted by atomic mass is 10.0. The quantitative estimate of drug-likeness (QED) is 0.371. The normalized spacial score (nSPS) is 13.0. The highest BCUT2D eigenvalue weighted by Crippen LogP contribution is 2.33. The van der Waals surface area contributed by atoms with Gasteiger partial charge < -0.3 is 9.84 Å². The minimum absolute atomic E-state index is 0.0836. The van der Waals surface area contributed by atoms with Crippen LogP contribution >= 0.6 is 11.3 Å². The van der Waals surface area contributed by atoms with Crippen LogP contribution in [0.25, 0.3) is 15.2 Å². The summed E-state index contributed by atoms with van der Waals surface area (Å²) in [5.74, 6) is -1.79. The third-order valence-corrected chi connectivity index (χ3v) is 7.52. The van der Waals surface area contributed by atoms with Crippen molar-refractivity contribution >= 4 is 27.5 Å². The molecule has 3 aromatic heterocycles. The zero-order valence-electron chi connectivity index (χ0n) is 21.4. The molecule has 3 heterocycles. The molecule has 4 aromatic rings. The molecule has 0 fully saturated rings. The maximum atomic E-state index is 14.2. The monoisotopic (exact) mass is 529 g/mol. The number of thiophene rings is 1. The molecular weight excluding hydrogens is 501 g/mol. The zero-order chi connectivity index (χ0) is 27.2. The predicted molar refractivity (Wildman–Crippen MR) is 137 cm³/mol. The molecule has 0 aliphatic rings. The first-order chi connectivity index (χ1) is 17.3. The van der Waals surface area contributed by atoms with E-state index in [1.54, 1.807) is 13.0 Å². The molecule has 0 aliphatic carbocycles. The molecular formula is C25H28FN5O5S. The number of aromatic nitrogens is 5. The summed E-state index contributed by atoms with van der Waals surface area (Å²) in [5.41, 5.74) is -1.55. The van der Waals surface area contributed by atoms with E-state index in [9.17, 15) is 23.9 Å². The van der Waals surface area contributed by atoms with E-state index in [0.717, 1.165) is 21.5 Å². The molecule has 1 atom stereocenters. The Kier molecular flexibility index (Phi) is 6.91. The standard InChI is InChI=1S/C25H28FN5O5S/c1-13(2)36-18(17-11-16(26)8-7-14(17)3)12-29-22-19(15(4)21(37-22)31-27-9-10-28-31)20(32)30(24(29)35)25(5,6)23(33)34/h7-11,13,18H,12H2,1-6H3,(H,33,34)/t18-/m0/s1. The van der Waals surface area contributed by atoms with Gasteiger partial charge in [0, 0.05) is 5.56 Å². The maximum Gasteiger partial charge on any atom is 0.333 e. The van der Waals surface area contributed by atoms with Gasteiger partial charge in [-0.1, -0.05) is 17.4 Å². The van der Waals surface area contributed by atoms with Gasteiger partial charge in [-0.3, -0.25) is 9.36 Å². The van der Waals surface area contributed by atoms with Gasteiger partial charge in [-0.25, -0.2) is 18.5 Å². The van der Waals surface area contributed by atoms with E-state index in [1.165, 1.54) is 47.7 Å². The van der Waals surface area contributed by atoms with Gasteiger partial charge in [0.1, 0.15) is 27.3 Å². The van der Waals surface area contributed by atoms with Crippen LogP contribution in [0, 0.1) is 19.7 Å². The summed E-state index contributed by atoms with van der Waals surface area (Å²) in [6, 6.07) is 4.34. The number of aryl methyl sites for hydroxylation is 2. The van der Waals surface area contributed by atoms with Crippen molar-refractivity contribution in [3.63, 3.8) is 0 Å². The van der Waals surface area contributed by atoms with Gasteiger partial charge >= 0.3 is 11.7 Å². The number of nitrogens with zero attached hydrogens (tertiary/aromatic N) is 5. The number of hydrogen-bond donors (Lipinski definition) is 1. The minimum atomic E-state index is -1.84. The molecule has 0 bridgehead atoms. The van der Waals surface area contributed by atoms with E-state index in [0.29, 0.717) is 21.0 Å². The van der Waals surface area contributed by atoms with Crippen molar-refractivity contribution in [1.82, 2.24) is 24.1 Å². The van der Waals surface area contributed by atoms with Crippen LogP contribution in [0.4, 0.5) is 4.39 Å². The summed E-state index contributed by atoms with van der Waals surface area (Å²) in [7, 11) is 0. The predicted octanol–water partition coefficient (Wildman–Crippen LogP) is 3.55. The lowest BCUT2D eigenvalue weighted by Crippen LogP contribution is -2.52. The van der Waals surface area contributed by atoms with Crippen molar-refractivity contribution in [2.75, 3.05) is 0 Å². The molecule has 4 rings (SSSR count). The van der Waals surface area contributed by atoms with Crippen LogP contribution in [0.1, 0.15) is 50.5 Å². The van der Waals surface area contributed by atoms with E-state index in [2.05, 4.69) is 10.2 Å². The summed E-state index contributed by atoms with van der Waals surface area (Å²) >= 11 is 1.14. The summed E-state index contributed by atoms with van der Waals surface area (Å²) in [6.07, 6.45) is 1.95. The van der Waals surface area contributed by atoms with E-state index in [4.69, 9.17) is 4.74 Å². The lowest BCUT2D eigenvalue weighted by Gasteiger charge is -2.26. The lowest BCUT2D eigenvalue weighted by molar-refractivity contribution is -0.146. The molecule has 0 saturated heterocycles. The molecule has 12 heteroatoms. The van der Waals surface area contributed by atoms with Gasteiger partial charge in [0.15, 0.2) is 0 Å². The van der Waals surface area contributed by atoms with Crippen LogP contribution in [-0.2, 0) is 21.6 Å². The van der Waals surface area contributed by atoms with Crippen LogP contribution in [0.15, 0.2) is 40.2 Å². The molecule has 1 N–H and O–H groups in total. The van der Waals surface area contributed by atoms with E-state index >= 15 is 0 Å². The Bertz CT molecular complexity index is 1600. The Morgan fingerprint density at radius 1 is 1.19 bits per heavy atom. The second-order valence-electron chi connectivity index (χ2n) is 9.60. The van der Waals surface area contributed by atoms with Crippen LogP contribution in [0.3, 0.4) is 0 Å². The van der Waals surface area contributed by atoms with Gasteiger partial charge in [-0.15, -0.1) is 4.80 Å². The molecule has 0 spiro atoms. The SMILES string of the molecule is Cc1ccc(F)cc1[C@H](Cn1c(=O)n(C(C)(C)C(=O)O)c(=O)c2c(C)c(-n3nccn3)sc21)OC(C)C. The Hall–Kier alpha value is -3.64. The van der Waals surface area contributed by atoms with Crippen molar-refractivity contribution in [1.29, 1.82) is 0 Å². The summed E-state index contributed by atoms with van der Waals surface area (Å²) < 4.78 is 22.5. The highest BCUT2D eigenvalue weighted by molar-refractivity contribution is 7.21. The number of benzene rings is 1. The smallest absolute Gasteiger partial charge is 0.333 e. The average molecular weight is 530 g/mol. The number of hydrogen-bond acceptors (Lipinski definition) is 7. The van der Waals surface area contributed by atoms with Crippen LogP contribution < -0.4 is 11.2 Å². The fourth-order valence-electron chi connectivity index (χ4n) is 4.26.